The summed E-state index contributed by atoms with van der Waals surface area (Å²) in [7, 11) is -1.86. The Labute approximate surface area is 235 Å². The van der Waals surface area contributed by atoms with E-state index in [0.29, 0.717) is 4.90 Å². The summed E-state index contributed by atoms with van der Waals surface area (Å²) in [6, 6.07) is 0.624. The third kappa shape index (κ3) is 5.66. The summed E-state index contributed by atoms with van der Waals surface area (Å²) in [5.74, 6) is -14.0. The number of nitrogens with one attached hydrogen (secondary N) is 2. The molecule has 4 rings (SSSR count). The molecule has 1 saturated heterocycles. The second kappa shape index (κ2) is 12.0. The van der Waals surface area contributed by atoms with E-state index >= 15 is 0 Å². The van der Waals surface area contributed by atoms with Gasteiger partial charge in [0.1, 0.15) is 11.8 Å². The molecule has 0 bridgehead atoms. The number of amides is 5. The number of benzene rings is 2. The molecule has 2 atom stereocenters. The summed E-state index contributed by atoms with van der Waals surface area (Å²) >= 11 is 0. The maximum Gasteiger partial charge on any atom is 0.547 e. The lowest BCUT2D eigenvalue weighted by molar-refractivity contribution is -0.153. The summed E-state index contributed by atoms with van der Waals surface area (Å²) in [6.45, 7) is -0.426. The second-order valence-electron chi connectivity index (χ2n) is 9.27. The molecule has 1 unspecified atom stereocenters. The first-order chi connectivity index (χ1) is 19.8. The Hall–Kier alpha value is -4.84. The molecule has 2 heterocycles. The number of rotatable bonds is 7. The van der Waals surface area contributed by atoms with E-state index in [0.717, 1.165) is 4.90 Å². The van der Waals surface area contributed by atoms with Gasteiger partial charge in [0.05, 0.1) is 11.5 Å². The number of hydrogen-bond donors (Lipinski definition) is 6. The Morgan fingerprint density at radius 3 is 2.52 bits per heavy atom. The number of urea groups is 1. The molecule has 0 spiro atoms. The van der Waals surface area contributed by atoms with E-state index < -0.39 is 77.6 Å². The van der Waals surface area contributed by atoms with Gasteiger partial charge in [-0.15, -0.1) is 0 Å². The van der Waals surface area contributed by atoms with Gasteiger partial charge in [-0.2, -0.15) is 4.39 Å². The Kier molecular flexibility index (Phi) is 8.58. The summed E-state index contributed by atoms with van der Waals surface area (Å²) in [6.07, 6.45) is -0.221. The topological polar surface area (TPSA) is 212 Å². The van der Waals surface area contributed by atoms with E-state index in [1.807, 2.05) is 5.32 Å². The number of aromatic carboxylic acids is 1. The lowest BCUT2D eigenvalue weighted by atomic mass is 9.72. The van der Waals surface area contributed by atoms with Gasteiger partial charge in [-0.05, 0) is 24.1 Å². The predicted octanol–water partition coefficient (Wildman–Crippen LogP) is -0.972. The van der Waals surface area contributed by atoms with Crippen molar-refractivity contribution in [2.45, 2.75) is 18.4 Å². The molecule has 7 N–H and O–H groups in total. The minimum absolute atomic E-state index is 0.0191. The van der Waals surface area contributed by atoms with Crippen LogP contribution in [0.25, 0.3) is 0 Å². The Balaban J connectivity index is 1.63. The van der Waals surface area contributed by atoms with Crippen molar-refractivity contribution in [2.75, 3.05) is 26.2 Å². The van der Waals surface area contributed by atoms with Crippen LogP contribution >= 0.6 is 0 Å². The van der Waals surface area contributed by atoms with Crippen LogP contribution in [0.5, 0.6) is 11.5 Å². The largest absolute Gasteiger partial charge is 0.547 e. The Morgan fingerprint density at radius 1 is 1.14 bits per heavy atom. The number of phenols is 1. The van der Waals surface area contributed by atoms with E-state index in [4.69, 9.17) is 10.4 Å². The first kappa shape index (κ1) is 30.1. The number of nitrogens with zero attached hydrogens (tertiary/aromatic N) is 2. The average Bonchev–Trinajstić information content (AvgIpc) is 2.95. The fraction of sp³-hybridized carbons (Fsp3) is 0.292. The van der Waals surface area contributed by atoms with Gasteiger partial charge in [-0.3, -0.25) is 19.3 Å². The number of hydrogen-bond acceptors (Lipinski definition) is 9. The molecule has 5 amide bonds. The zero-order valence-electron chi connectivity index (χ0n) is 21.5. The number of carbonyl (C=O) groups is 5. The van der Waals surface area contributed by atoms with Crippen molar-refractivity contribution in [1.29, 1.82) is 0 Å². The molecule has 0 saturated carbocycles. The van der Waals surface area contributed by atoms with Gasteiger partial charge >= 0.3 is 30.9 Å². The molecule has 18 heteroatoms. The van der Waals surface area contributed by atoms with Crippen molar-refractivity contribution in [2.24, 2.45) is 5.73 Å². The Bertz CT molecular complexity index is 1480. The van der Waals surface area contributed by atoms with E-state index in [2.05, 4.69) is 5.32 Å². The van der Waals surface area contributed by atoms with Gasteiger partial charge in [-0.25, -0.2) is 18.4 Å². The number of nitrogens with two attached hydrogens (primary N) is 1. The number of para-hydroxylation sites is 1. The standard InChI is InChI=1S/C24H23BF3N5O9/c26-13-9-12(15(27)16(28)18(13)34)17(31-24(40)33-7-6-32(5-4-29)21(36)22(33)37)20(35)30-14-8-10-2-1-3-11(23(38)39)19(10)42-25(14)41/h1-3,9,14,17,34,41H,4-8,29H2,(H,30,35)(H,31,40)(H,38,39)/t14-,17?/m0/s1. The highest BCUT2D eigenvalue weighted by atomic mass is 19.2. The van der Waals surface area contributed by atoms with E-state index in [1.165, 1.54) is 18.2 Å². The van der Waals surface area contributed by atoms with Crippen molar-refractivity contribution in [3.8, 4) is 11.5 Å². The maximum absolute atomic E-state index is 14.9. The molecule has 2 aromatic carbocycles. The summed E-state index contributed by atoms with van der Waals surface area (Å²) in [5, 5.41) is 33.5. The summed E-state index contributed by atoms with van der Waals surface area (Å²) in [4.78, 5) is 64.2. The number of halogens is 3. The number of carbonyl (C=O) groups excluding carboxylic acids is 4. The quantitative estimate of drug-likeness (QED) is 0.131. The highest BCUT2D eigenvalue weighted by Crippen LogP contribution is 2.32. The van der Waals surface area contributed by atoms with Crippen LogP contribution in [0.15, 0.2) is 24.3 Å². The molecule has 2 aliphatic heterocycles. The summed E-state index contributed by atoms with van der Waals surface area (Å²) in [5.41, 5.74) is 4.27. The van der Waals surface area contributed by atoms with Gasteiger partial charge in [0.25, 0.3) is 0 Å². The Morgan fingerprint density at radius 2 is 1.86 bits per heavy atom. The number of fused-ring (bicyclic) bond motifs is 1. The molecule has 42 heavy (non-hydrogen) atoms. The average molecular weight is 593 g/mol. The molecule has 0 aromatic heterocycles. The molecule has 222 valence electrons. The minimum Gasteiger partial charge on any atom is -0.534 e. The number of phenolic OH excluding ortho intramolecular Hbond substituents is 1. The van der Waals surface area contributed by atoms with Crippen molar-refractivity contribution >= 4 is 36.8 Å². The first-order valence-corrected chi connectivity index (χ1v) is 12.3. The van der Waals surface area contributed by atoms with Crippen LogP contribution in [0.1, 0.15) is 27.5 Å². The fourth-order valence-electron chi connectivity index (χ4n) is 4.52. The van der Waals surface area contributed by atoms with Crippen LogP contribution in [-0.4, -0.2) is 94.0 Å². The molecule has 1 fully saturated rings. The van der Waals surface area contributed by atoms with Crippen molar-refractivity contribution < 1.29 is 57.0 Å². The second-order valence-corrected chi connectivity index (χ2v) is 9.27. The molecule has 14 nitrogen and oxygen atoms in total. The molecule has 2 aromatic rings. The van der Waals surface area contributed by atoms with Crippen molar-refractivity contribution in [3.63, 3.8) is 0 Å². The third-order valence-corrected chi connectivity index (χ3v) is 6.63. The number of imide groups is 1. The van der Waals surface area contributed by atoms with Crippen LogP contribution in [0.3, 0.4) is 0 Å². The van der Waals surface area contributed by atoms with Gasteiger partial charge < -0.3 is 41.2 Å². The van der Waals surface area contributed by atoms with Crippen molar-refractivity contribution in [3.05, 3.63) is 58.4 Å². The van der Waals surface area contributed by atoms with Gasteiger partial charge in [0.15, 0.2) is 17.4 Å². The summed E-state index contributed by atoms with van der Waals surface area (Å²) < 4.78 is 48.6. The fourth-order valence-corrected chi connectivity index (χ4v) is 4.52. The number of carboxylic acid groups (broad SMARTS) is 1. The normalized spacial score (nSPS) is 17.4. The van der Waals surface area contributed by atoms with Gasteiger partial charge in [0, 0.05) is 31.7 Å². The predicted molar refractivity (Wildman–Crippen MR) is 134 cm³/mol. The van der Waals surface area contributed by atoms with E-state index in [-0.39, 0.29) is 55.5 Å². The molecular weight excluding hydrogens is 570 g/mol. The smallest absolute Gasteiger partial charge is 0.534 e. The van der Waals surface area contributed by atoms with Crippen LogP contribution in [-0.2, 0) is 20.8 Å². The molecular formula is C24H23BF3N5O9. The lowest BCUT2D eigenvalue weighted by Crippen LogP contribution is -2.60. The van der Waals surface area contributed by atoms with Gasteiger partial charge in [-0.1, -0.05) is 12.1 Å². The minimum atomic E-state index is -2.27. The molecule has 0 aliphatic carbocycles. The monoisotopic (exact) mass is 593 g/mol. The van der Waals surface area contributed by atoms with E-state index in [9.17, 15) is 52.4 Å². The highest BCUT2D eigenvalue weighted by molar-refractivity contribution is 6.47. The van der Waals surface area contributed by atoms with Gasteiger partial charge in [0.2, 0.25) is 11.7 Å². The van der Waals surface area contributed by atoms with Crippen LogP contribution in [0.2, 0.25) is 0 Å². The SMILES string of the molecule is NCCN1CCN(C(=O)NC(C(=O)N[C@H]2Cc3cccc(C(=O)O)c3OB2O)c2cc(F)c(O)c(F)c2F)C(=O)C1=O. The van der Waals surface area contributed by atoms with Crippen LogP contribution < -0.4 is 21.0 Å². The number of carboxylic acids is 1. The number of piperazine rings is 1. The molecule has 2 aliphatic rings. The van der Waals surface area contributed by atoms with Crippen molar-refractivity contribution in [1.82, 2.24) is 20.4 Å². The van der Waals surface area contributed by atoms with Crippen LogP contribution in [0, 0.1) is 17.5 Å². The highest BCUT2D eigenvalue weighted by Gasteiger charge is 2.42. The van der Waals surface area contributed by atoms with E-state index in [1.54, 1.807) is 0 Å². The molecule has 0 radical (unpaired) electrons. The third-order valence-electron chi connectivity index (χ3n) is 6.63. The first-order valence-electron chi connectivity index (χ1n) is 12.3. The maximum atomic E-state index is 14.9. The van der Waals surface area contributed by atoms with Crippen LogP contribution in [0.4, 0.5) is 18.0 Å². The zero-order chi connectivity index (χ0) is 30.9. The number of aromatic hydroxyl groups is 1. The lowest BCUT2D eigenvalue weighted by Gasteiger charge is -2.33. The zero-order valence-corrected chi connectivity index (χ0v) is 21.5.